The van der Waals surface area contributed by atoms with Crippen LogP contribution in [0.2, 0.25) is 0 Å². The quantitative estimate of drug-likeness (QED) is 0.723. The molecule has 0 unspecified atom stereocenters. The SMILES string of the molecule is COC(=O)c1sccc1S(=O)(=O)N1CCN(c2cc(C#N)ccn2)CC1. The van der Waals surface area contributed by atoms with Gasteiger partial charge in [-0.25, -0.2) is 18.2 Å². The minimum absolute atomic E-state index is 0.0209. The number of nitriles is 1. The molecule has 3 rings (SSSR count). The Labute approximate surface area is 155 Å². The predicted octanol–water partition coefficient (Wildman–Crippen LogP) is 1.31. The molecule has 0 N–H and O–H groups in total. The van der Waals surface area contributed by atoms with Gasteiger partial charge in [0.15, 0.2) is 0 Å². The lowest BCUT2D eigenvalue weighted by Gasteiger charge is -2.34. The maximum Gasteiger partial charge on any atom is 0.349 e. The van der Waals surface area contributed by atoms with E-state index in [0.29, 0.717) is 24.5 Å². The summed E-state index contributed by atoms with van der Waals surface area (Å²) in [6.07, 6.45) is 1.56. The maximum atomic E-state index is 12.9. The molecule has 0 spiro atoms. The Kier molecular flexibility index (Phi) is 5.22. The molecule has 0 aromatic carbocycles. The summed E-state index contributed by atoms with van der Waals surface area (Å²) in [6.45, 7) is 1.41. The number of sulfonamides is 1. The third kappa shape index (κ3) is 3.41. The predicted molar refractivity (Wildman–Crippen MR) is 95.6 cm³/mol. The van der Waals surface area contributed by atoms with Crippen LogP contribution in [0.3, 0.4) is 0 Å². The Balaban J connectivity index is 1.76. The summed E-state index contributed by atoms with van der Waals surface area (Å²) in [4.78, 5) is 18.0. The average molecular weight is 392 g/mol. The summed E-state index contributed by atoms with van der Waals surface area (Å²) < 4.78 is 31.8. The lowest BCUT2D eigenvalue weighted by molar-refractivity contribution is 0.0602. The van der Waals surface area contributed by atoms with Crippen molar-refractivity contribution in [2.45, 2.75) is 4.90 Å². The summed E-state index contributed by atoms with van der Waals surface area (Å²) in [7, 11) is -2.56. The minimum atomic E-state index is -3.78. The second-order valence-corrected chi connectivity index (χ2v) is 8.33. The van der Waals surface area contributed by atoms with Crippen LogP contribution in [-0.4, -0.2) is 57.0 Å². The molecule has 3 heterocycles. The van der Waals surface area contributed by atoms with Gasteiger partial charge in [-0.2, -0.15) is 9.57 Å². The van der Waals surface area contributed by atoms with E-state index in [4.69, 9.17) is 5.26 Å². The van der Waals surface area contributed by atoms with Crippen LogP contribution in [0, 0.1) is 11.3 Å². The van der Waals surface area contributed by atoms with Gasteiger partial charge in [-0.3, -0.25) is 0 Å². The molecule has 1 aliphatic rings. The van der Waals surface area contributed by atoms with Crippen molar-refractivity contribution in [2.24, 2.45) is 0 Å². The number of esters is 1. The number of aromatic nitrogens is 1. The highest BCUT2D eigenvalue weighted by Crippen LogP contribution is 2.27. The zero-order chi connectivity index (χ0) is 18.7. The van der Waals surface area contributed by atoms with Crippen LogP contribution in [0.25, 0.3) is 0 Å². The first-order chi connectivity index (χ1) is 12.5. The Morgan fingerprint density at radius 2 is 2.04 bits per heavy atom. The molecule has 0 saturated carbocycles. The zero-order valence-electron chi connectivity index (χ0n) is 14.0. The van der Waals surface area contributed by atoms with Crippen molar-refractivity contribution in [3.8, 4) is 6.07 Å². The summed E-state index contributed by atoms with van der Waals surface area (Å²) in [5.74, 6) is -0.0124. The smallest absolute Gasteiger partial charge is 0.349 e. The first-order valence-electron chi connectivity index (χ1n) is 7.74. The Morgan fingerprint density at radius 1 is 1.31 bits per heavy atom. The number of methoxy groups -OCH3 is 1. The number of nitrogens with zero attached hydrogens (tertiary/aromatic N) is 4. The largest absolute Gasteiger partial charge is 0.465 e. The number of ether oxygens (including phenoxy) is 1. The van der Waals surface area contributed by atoms with Gasteiger partial charge in [0.25, 0.3) is 0 Å². The molecule has 0 amide bonds. The highest BCUT2D eigenvalue weighted by Gasteiger charge is 2.33. The summed E-state index contributed by atoms with van der Waals surface area (Å²) in [6, 6.07) is 6.79. The Morgan fingerprint density at radius 3 is 2.69 bits per heavy atom. The average Bonchev–Trinajstić information content (AvgIpc) is 3.18. The van der Waals surface area contributed by atoms with Gasteiger partial charge in [0, 0.05) is 32.4 Å². The number of hydrogen-bond acceptors (Lipinski definition) is 8. The van der Waals surface area contributed by atoms with Crippen LogP contribution in [0.1, 0.15) is 15.2 Å². The third-order valence-electron chi connectivity index (χ3n) is 4.05. The molecule has 2 aromatic rings. The monoisotopic (exact) mass is 392 g/mol. The number of thiophene rings is 1. The minimum Gasteiger partial charge on any atom is -0.465 e. The van der Waals surface area contributed by atoms with Crippen LogP contribution >= 0.6 is 11.3 Å². The van der Waals surface area contributed by atoms with Crippen LogP contribution < -0.4 is 4.90 Å². The van der Waals surface area contributed by atoms with Gasteiger partial charge in [0.05, 0.1) is 18.7 Å². The van der Waals surface area contributed by atoms with Crippen molar-refractivity contribution < 1.29 is 17.9 Å². The molecule has 0 radical (unpaired) electrons. The van der Waals surface area contributed by atoms with Gasteiger partial charge in [0.1, 0.15) is 15.6 Å². The Bertz CT molecular complexity index is 957. The van der Waals surface area contributed by atoms with Gasteiger partial charge in [-0.15, -0.1) is 11.3 Å². The number of piperazine rings is 1. The van der Waals surface area contributed by atoms with E-state index in [9.17, 15) is 13.2 Å². The topological polar surface area (TPSA) is 104 Å². The third-order valence-corrected chi connectivity index (χ3v) is 7.02. The van der Waals surface area contributed by atoms with Crippen molar-refractivity contribution >= 4 is 33.1 Å². The highest BCUT2D eigenvalue weighted by molar-refractivity contribution is 7.89. The second kappa shape index (κ2) is 7.41. The van der Waals surface area contributed by atoms with E-state index in [1.54, 1.807) is 23.7 Å². The van der Waals surface area contributed by atoms with E-state index < -0.39 is 16.0 Å². The molecule has 2 aromatic heterocycles. The standard InChI is InChI=1S/C16H16N4O4S2/c1-24-16(21)15-13(3-9-25-15)26(22,23)20-7-5-19(6-8-20)14-10-12(11-17)2-4-18-14/h2-4,9-10H,5-8H2,1H3. The molecular formula is C16H16N4O4S2. The summed E-state index contributed by atoms with van der Waals surface area (Å²) in [5, 5.41) is 10.5. The van der Waals surface area contributed by atoms with Gasteiger partial charge >= 0.3 is 5.97 Å². The number of carbonyl (C=O) groups excluding carboxylic acids is 1. The molecule has 1 saturated heterocycles. The zero-order valence-corrected chi connectivity index (χ0v) is 15.6. The van der Waals surface area contributed by atoms with Crippen molar-refractivity contribution in [1.29, 1.82) is 5.26 Å². The lowest BCUT2D eigenvalue weighted by Crippen LogP contribution is -2.49. The van der Waals surface area contributed by atoms with Crippen LogP contribution in [0.15, 0.2) is 34.7 Å². The maximum absolute atomic E-state index is 12.9. The first-order valence-corrected chi connectivity index (χ1v) is 10.1. The number of carbonyl (C=O) groups is 1. The molecule has 10 heteroatoms. The molecule has 8 nitrogen and oxygen atoms in total. The van der Waals surface area contributed by atoms with E-state index >= 15 is 0 Å². The fraction of sp³-hybridized carbons (Fsp3) is 0.312. The molecule has 1 fully saturated rings. The van der Waals surface area contributed by atoms with E-state index in [1.807, 2.05) is 4.90 Å². The molecule has 26 heavy (non-hydrogen) atoms. The first kappa shape index (κ1) is 18.3. The molecule has 0 atom stereocenters. The Hall–Kier alpha value is -2.48. The van der Waals surface area contributed by atoms with E-state index in [1.165, 1.54) is 17.5 Å². The number of hydrogen-bond donors (Lipinski definition) is 0. The van der Waals surface area contributed by atoms with Gasteiger partial charge < -0.3 is 9.64 Å². The highest BCUT2D eigenvalue weighted by atomic mass is 32.2. The fourth-order valence-corrected chi connectivity index (χ4v) is 5.43. The molecule has 0 aliphatic carbocycles. The van der Waals surface area contributed by atoms with E-state index in [-0.39, 0.29) is 22.9 Å². The molecule has 0 bridgehead atoms. The second-order valence-electron chi connectivity index (χ2n) is 5.51. The lowest BCUT2D eigenvalue weighted by atomic mass is 10.2. The molecule has 136 valence electrons. The number of rotatable bonds is 4. The van der Waals surface area contributed by atoms with Crippen LogP contribution in [-0.2, 0) is 14.8 Å². The van der Waals surface area contributed by atoms with Crippen LogP contribution in [0.4, 0.5) is 5.82 Å². The number of pyridine rings is 1. The molecular weight excluding hydrogens is 376 g/mol. The van der Waals surface area contributed by atoms with E-state index in [0.717, 1.165) is 11.3 Å². The summed E-state index contributed by atoms with van der Waals surface area (Å²) in [5.41, 5.74) is 0.506. The normalized spacial score (nSPS) is 15.5. The van der Waals surface area contributed by atoms with Gasteiger partial charge in [-0.05, 0) is 23.6 Å². The van der Waals surface area contributed by atoms with Crippen molar-refractivity contribution in [1.82, 2.24) is 9.29 Å². The van der Waals surface area contributed by atoms with Crippen LogP contribution in [0.5, 0.6) is 0 Å². The summed E-state index contributed by atoms with van der Waals surface area (Å²) >= 11 is 1.04. The molecule has 1 aliphatic heterocycles. The van der Waals surface area contributed by atoms with Crippen molar-refractivity contribution in [2.75, 3.05) is 38.2 Å². The van der Waals surface area contributed by atoms with Crippen molar-refractivity contribution in [3.05, 3.63) is 40.2 Å². The number of anilines is 1. The van der Waals surface area contributed by atoms with Gasteiger partial charge in [-0.1, -0.05) is 0 Å². The van der Waals surface area contributed by atoms with Crippen molar-refractivity contribution in [3.63, 3.8) is 0 Å². The van der Waals surface area contributed by atoms with E-state index in [2.05, 4.69) is 15.8 Å². The fourth-order valence-electron chi connectivity index (χ4n) is 2.70. The van der Waals surface area contributed by atoms with Gasteiger partial charge in [0.2, 0.25) is 10.0 Å².